The third kappa shape index (κ3) is 3.54. The van der Waals surface area contributed by atoms with Gasteiger partial charge in [0.2, 0.25) is 5.91 Å². The van der Waals surface area contributed by atoms with Crippen molar-refractivity contribution in [2.24, 2.45) is 11.7 Å². The second-order valence-corrected chi connectivity index (χ2v) is 5.04. The molecule has 0 spiro atoms. The zero-order chi connectivity index (χ0) is 13.0. The minimum absolute atomic E-state index is 0.0345. The lowest BCUT2D eigenvalue weighted by atomic mass is 10.0. The van der Waals surface area contributed by atoms with Crippen LogP contribution < -0.4 is 11.1 Å². The van der Waals surface area contributed by atoms with E-state index in [9.17, 15) is 9.59 Å². The van der Waals surface area contributed by atoms with Crippen molar-refractivity contribution < 1.29 is 14.7 Å². The Morgan fingerprint density at radius 1 is 1.47 bits per heavy atom. The number of aliphatic carboxylic acids is 1. The molecule has 0 saturated carbocycles. The fourth-order valence-corrected chi connectivity index (χ4v) is 2.02. The summed E-state index contributed by atoms with van der Waals surface area (Å²) in [5.41, 5.74) is 5.66. The van der Waals surface area contributed by atoms with E-state index in [2.05, 4.69) is 5.32 Å². The molecule has 1 amide bonds. The van der Waals surface area contributed by atoms with E-state index in [1.807, 2.05) is 13.8 Å². The third-order valence-corrected chi connectivity index (χ3v) is 3.32. The van der Waals surface area contributed by atoms with Crippen LogP contribution in [0.25, 0.3) is 0 Å². The van der Waals surface area contributed by atoms with Gasteiger partial charge in [-0.05, 0) is 17.4 Å². The predicted molar refractivity (Wildman–Crippen MR) is 65.7 cm³/mol. The van der Waals surface area contributed by atoms with Crippen LogP contribution in [0, 0.1) is 5.92 Å². The molecule has 0 radical (unpaired) electrons. The smallest absolute Gasteiger partial charge is 0.331 e. The highest BCUT2D eigenvalue weighted by atomic mass is 32.1. The molecule has 0 aliphatic rings. The van der Waals surface area contributed by atoms with E-state index in [4.69, 9.17) is 10.8 Å². The number of carboxylic acid groups (broad SMARTS) is 1. The van der Waals surface area contributed by atoms with Gasteiger partial charge in [0.05, 0.1) is 6.04 Å². The summed E-state index contributed by atoms with van der Waals surface area (Å²) < 4.78 is 0. The number of carboxylic acids is 1. The van der Waals surface area contributed by atoms with Crippen LogP contribution in [0.15, 0.2) is 17.5 Å². The van der Waals surface area contributed by atoms with Crippen LogP contribution in [0.2, 0.25) is 0 Å². The zero-order valence-electron chi connectivity index (χ0n) is 9.71. The quantitative estimate of drug-likeness (QED) is 0.732. The van der Waals surface area contributed by atoms with Gasteiger partial charge in [-0.1, -0.05) is 19.9 Å². The van der Waals surface area contributed by atoms with E-state index >= 15 is 0 Å². The number of hydrogen-bond donors (Lipinski definition) is 3. The van der Waals surface area contributed by atoms with Crippen LogP contribution >= 0.6 is 11.3 Å². The van der Waals surface area contributed by atoms with Crippen molar-refractivity contribution >= 4 is 23.2 Å². The number of nitrogens with one attached hydrogen (secondary N) is 1. The molecule has 0 bridgehead atoms. The fourth-order valence-electron chi connectivity index (χ4n) is 1.25. The maximum atomic E-state index is 11.7. The van der Waals surface area contributed by atoms with E-state index in [0.717, 1.165) is 0 Å². The molecule has 0 aromatic carbocycles. The Kier molecular flexibility index (Phi) is 4.65. The molecule has 0 fully saturated rings. The van der Waals surface area contributed by atoms with Gasteiger partial charge in [0.15, 0.2) is 6.04 Å². The zero-order valence-corrected chi connectivity index (χ0v) is 10.5. The van der Waals surface area contributed by atoms with Crippen LogP contribution in [0.5, 0.6) is 0 Å². The number of rotatable bonds is 5. The van der Waals surface area contributed by atoms with Crippen LogP contribution in [-0.4, -0.2) is 23.0 Å². The van der Waals surface area contributed by atoms with Crippen molar-refractivity contribution in [2.45, 2.75) is 25.9 Å². The topological polar surface area (TPSA) is 92.4 Å². The number of carbonyl (C=O) groups excluding carboxylic acids is 1. The minimum Gasteiger partial charge on any atom is -0.479 e. The average molecular weight is 256 g/mol. The first-order chi connectivity index (χ1) is 7.93. The average Bonchev–Trinajstić information content (AvgIpc) is 2.76. The first kappa shape index (κ1) is 13.7. The van der Waals surface area contributed by atoms with Crippen molar-refractivity contribution in [1.82, 2.24) is 5.32 Å². The highest BCUT2D eigenvalue weighted by Crippen LogP contribution is 2.19. The molecule has 2 atom stereocenters. The second-order valence-electron chi connectivity index (χ2n) is 4.07. The maximum absolute atomic E-state index is 11.7. The molecular formula is C11H16N2O3S. The monoisotopic (exact) mass is 256 g/mol. The molecule has 1 rings (SSSR count). The van der Waals surface area contributed by atoms with Crippen molar-refractivity contribution in [3.05, 3.63) is 22.4 Å². The molecule has 1 aromatic heterocycles. The van der Waals surface area contributed by atoms with Crippen LogP contribution in [0.1, 0.15) is 24.8 Å². The molecule has 1 aromatic rings. The minimum atomic E-state index is -1.09. The van der Waals surface area contributed by atoms with Crippen LogP contribution in [0.3, 0.4) is 0 Å². The number of amides is 1. The molecule has 4 N–H and O–H groups in total. The summed E-state index contributed by atoms with van der Waals surface area (Å²) >= 11 is 1.29. The highest BCUT2D eigenvalue weighted by Gasteiger charge is 2.26. The van der Waals surface area contributed by atoms with Crippen molar-refractivity contribution in [3.63, 3.8) is 0 Å². The number of hydrogen-bond acceptors (Lipinski definition) is 4. The molecule has 0 aliphatic heterocycles. The Hall–Kier alpha value is -1.40. The van der Waals surface area contributed by atoms with Gasteiger partial charge >= 0.3 is 5.97 Å². The largest absolute Gasteiger partial charge is 0.479 e. The summed E-state index contributed by atoms with van der Waals surface area (Å²) in [5.74, 6) is -1.56. The summed E-state index contributed by atoms with van der Waals surface area (Å²) in [6.07, 6.45) is 0. The predicted octanol–water partition coefficient (Wildman–Crippen LogP) is 0.973. The highest BCUT2D eigenvalue weighted by molar-refractivity contribution is 7.10. The van der Waals surface area contributed by atoms with Gasteiger partial charge in [-0.2, -0.15) is 0 Å². The standard InChI is InChI=1S/C11H16N2O3S/c1-6(2)8(12)10(14)13-9(11(15)16)7-4-3-5-17-7/h3-6,8-9H,12H2,1-2H3,(H,13,14)(H,15,16)/t8-,9?/m1/s1. The Labute approximate surface area is 104 Å². The Morgan fingerprint density at radius 2 is 2.12 bits per heavy atom. The number of thiophene rings is 1. The summed E-state index contributed by atoms with van der Waals surface area (Å²) in [7, 11) is 0. The second kappa shape index (κ2) is 5.79. The Balaban J connectivity index is 2.76. The summed E-state index contributed by atoms with van der Waals surface area (Å²) in [4.78, 5) is 23.4. The van der Waals surface area contributed by atoms with E-state index in [1.54, 1.807) is 17.5 Å². The lowest BCUT2D eigenvalue weighted by molar-refractivity contribution is -0.142. The first-order valence-corrected chi connectivity index (χ1v) is 6.13. The third-order valence-electron chi connectivity index (χ3n) is 2.38. The molecule has 1 heterocycles. The number of nitrogens with two attached hydrogens (primary N) is 1. The van der Waals surface area contributed by atoms with Gasteiger partial charge in [0, 0.05) is 4.88 Å². The first-order valence-electron chi connectivity index (χ1n) is 5.25. The summed E-state index contributed by atoms with van der Waals surface area (Å²) in [6, 6.07) is 1.69. The van der Waals surface area contributed by atoms with Crippen LogP contribution in [0.4, 0.5) is 0 Å². The molecule has 6 heteroatoms. The van der Waals surface area contributed by atoms with E-state index < -0.39 is 24.0 Å². The van der Waals surface area contributed by atoms with E-state index in [1.165, 1.54) is 11.3 Å². The van der Waals surface area contributed by atoms with Gasteiger partial charge in [0.1, 0.15) is 0 Å². The van der Waals surface area contributed by atoms with Gasteiger partial charge < -0.3 is 16.2 Å². The maximum Gasteiger partial charge on any atom is 0.331 e. The van der Waals surface area contributed by atoms with Crippen LogP contribution in [-0.2, 0) is 9.59 Å². The summed E-state index contributed by atoms with van der Waals surface area (Å²) in [5, 5.41) is 13.3. The molecule has 5 nitrogen and oxygen atoms in total. The fraction of sp³-hybridized carbons (Fsp3) is 0.455. The molecule has 17 heavy (non-hydrogen) atoms. The van der Waals surface area contributed by atoms with E-state index in [0.29, 0.717) is 4.88 Å². The van der Waals surface area contributed by atoms with Gasteiger partial charge in [-0.3, -0.25) is 4.79 Å². The molecule has 0 saturated heterocycles. The Morgan fingerprint density at radius 3 is 2.53 bits per heavy atom. The SMILES string of the molecule is CC(C)[C@@H](N)C(=O)NC(C(=O)O)c1cccs1. The van der Waals surface area contributed by atoms with Crippen molar-refractivity contribution in [1.29, 1.82) is 0 Å². The van der Waals surface area contributed by atoms with Gasteiger partial charge in [-0.25, -0.2) is 4.79 Å². The van der Waals surface area contributed by atoms with Gasteiger partial charge in [0.25, 0.3) is 0 Å². The molecule has 0 aliphatic carbocycles. The number of carbonyl (C=O) groups is 2. The van der Waals surface area contributed by atoms with Gasteiger partial charge in [-0.15, -0.1) is 11.3 Å². The summed E-state index contributed by atoms with van der Waals surface area (Å²) in [6.45, 7) is 3.62. The lowest BCUT2D eigenvalue weighted by Crippen LogP contribution is -2.46. The molecule has 94 valence electrons. The lowest BCUT2D eigenvalue weighted by Gasteiger charge is -2.19. The van der Waals surface area contributed by atoms with E-state index in [-0.39, 0.29) is 5.92 Å². The molecule has 1 unspecified atom stereocenters. The Bertz CT molecular complexity index is 389. The normalized spacial score (nSPS) is 14.4. The van der Waals surface area contributed by atoms with Crippen molar-refractivity contribution in [2.75, 3.05) is 0 Å². The molecular weight excluding hydrogens is 240 g/mol. The van der Waals surface area contributed by atoms with Crippen molar-refractivity contribution in [3.8, 4) is 0 Å².